The maximum atomic E-state index is 5.02. The third-order valence-corrected chi connectivity index (χ3v) is 7.56. The Morgan fingerprint density at radius 1 is 0.882 bits per heavy atom. The van der Waals surface area contributed by atoms with E-state index in [-0.39, 0.29) is 0 Å². The lowest BCUT2D eigenvalue weighted by Crippen LogP contribution is -2.52. The first-order chi connectivity index (χ1) is 16.5. The predicted molar refractivity (Wildman–Crippen MR) is 132 cm³/mol. The number of quaternary nitrogens is 1. The molecule has 0 unspecified atom stereocenters. The van der Waals surface area contributed by atoms with Gasteiger partial charge in [0.25, 0.3) is 0 Å². The molecule has 1 atom stereocenters. The monoisotopic (exact) mass is 454 g/mol. The van der Waals surface area contributed by atoms with Crippen molar-refractivity contribution in [2.75, 3.05) is 13.1 Å². The molecule has 7 nitrogen and oxygen atoms in total. The van der Waals surface area contributed by atoms with Gasteiger partial charge >= 0.3 is 0 Å². The van der Waals surface area contributed by atoms with Gasteiger partial charge in [-0.25, -0.2) is 9.97 Å². The minimum absolute atomic E-state index is 0.485. The zero-order chi connectivity index (χ0) is 23.3. The van der Waals surface area contributed by atoms with Gasteiger partial charge in [-0.1, -0.05) is 12.1 Å². The van der Waals surface area contributed by atoms with Crippen LogP contribution in [0.1, 0.15) is 47.2 Å². The number of fused-ring (bicyclic) bond motifs is 2. The van der Waals surface area contributed by atoms with Crippen LogP contribution < -0.4 is 0 Å². The molecule has 0 aromatic carbocycles. The Hall–Kier alpha value is -3.45. The summed E-state index contributed by atoms with van der Waals surface area (Å²) >= 11 is 0. The zero-order valence-electron chi connectivity index (χ0n) is 20.2. The van der Waals surface area contributed by atoms with E-state index in [2.05, 4.69) is 89.7 Å². The summed E-state index contributed by atoms with van der Waals surface area (Å²) in [7, 11) is 2.06. The molecule has 6 heterocycles. The minimum atomic E-state index is 0.485. The first kappa shape index (κ1) is 21.1. The van der Waals surface area contributed by atoms with E-state index in [0.29, 0.717) is 5.92 Å². The molecule has 1 aliphatic rings. The number of nitrogens with zero attached hydrogens (tertiary/aromatic N) is 7. The number of piperidine rings is 1. The van der Waals surface area contributed by atoms with E-state index in [1.165, 1.54) is 29.9 Å². The molecule has 0 saturated carbocycles. The summed E-state index contributed by atoms with van der Waals surface area (Å²) in [5.74, 6) is 0.485. The van der Waals surface area contributed by atoms with Crippen LogP contribution in [0.3, 0.4) is 0 Å². The van der Waals surface area contributed by atoms with Crippen LogP contribution in [0.15, 0.2) is 61.1 Å². The highest BCUT2D eigenvalue weighted by Gasteiger charge is 2.38. The van der Waals surface area contributed by atoms with Gasteiger partial charge in [0.05, 0.1) is 19.0 Å². The molecule has 6 rings (SSSR count). The Kier molecular flexibility index (Phi) is 5.03. The second-order valence-electron chi connectivity index (χ2n) is 10.0. The molecule has 1 fully saturated rings. The van der Waals surface area contributed by atoms with Crippen LogP contribution in [0.4, 0.5) is 0 Å². The highest BCUT2D eigenvalue weighted by atomic mass is 15.4. The molecule has 1 aliphatic heterocycles. The molecule has 5 aromatic heterocycles. The molecule has 174 valence electrons. The predicted octanol–water partition coefficient (Wildman–Crippen LogP) is 4.43. The van der Waals surface area contributed by atoms with Crippen molar-refractivity contribution >= 4 is 11.3 Å². The first-order valence-corrected chi connectivity index (χ1v) is 12.2. The van der Waals surface area contributed by atoms with Crippen molar-refractivity contribution in [3.8, 4) is 0 Å². The number of hydrogen-bond acceptors (Lipinski definition) is 3. The molecular weight excluding hydrogens is 422 g/mol. The van der Waals surface area contributed by atoms with E-state index in [0.717, 1.165) is 53.3 Å². The standard InChI is InChI=1S/C27H32N7/c1-20-7-4-10-26-29-23(15-32(20)26)18-34(14-6-9-22(17-34)25-12-13-28-31(25)3)19-24-16-33-21(2)8-5-11-27(33)30-24/h4-5,7-8,10-13,15-16,22H,6,9,14,17-19H2,1-3H3/q+1/t22-/m0/s1. The number of pyridine rings is 2. The Morgan fingerprint density at radius 2 is 1.50 bits per heavy atom. The fraction of sp³-hybridized carbons (Fsp3) is 0.370. The molecule has 0 radical (unpaired) electrons. The lowest BCUT2D eigenvalue weighted by Gasteiger charge is -2.43. The van der Waals surface area contributed by atoms with E-state index < -0.39 is 0 Å². The van der Waals surface area contributed by atoms with E-state index in [4.69, 9.17) is 9.97 Å². The number of aryl methyl sites for hydroxylation is 3. The Balaban J connectivity index is 1.39. The smallest absolute Gasteiger partial charge is 0.137 e. The average Bonchev–Trinajstić information content (AvgIpc) is 3.52. The lowest BCUT2D eigenvalue weighted by atomic mass is 9.92. The van der Waals surface area contributed by atoms with Crippen LogP contribution in [0.2, 0.25) is 0 Å². The maximum Gasteiger partial charge on any atom is 0.137 e. The second kappa shape index (κ2) is 8.09. The number of rotatable bonds is 5. The van der Waals surface area contributed by atoms with Crippen LogP contribution in [-0.2, 0) is 20.1 Å². The third-order valence-electron chi connectivity index (χ3n) is 7.56. The molecule has 5 aromatic rings. The van der Waals surface area contributed by atoms with Gasteiger partial charge < -0.3 is 13.3 Å². The van der Waals surface area contributed by atoms with Crippen molar-refractivity contribution < 1.29 is 4.48 Å². The average molecular weight is 455 g/mol. The van der Waals surface area contributed by atoms with Gasteiger partial charge in [-0.05, 0) is 57.0 Å². The van der Waals surface area contributed by atoms with Crippen molar-refractivity contribution in [2.24, 2.45) is 7.05 Å². The Labute approximate surface area is 199 Å². The van der Waals surface area contributed by atoms with Gasteiger partial charge in [-0.15, -0.1) is 0 Å². The Morgan fingerprint density at radius 3 is 2.03 bits per heavy atom. The molecule has 0 amide bonds. The summed E-state index contributed by atoms with van der Waals surface area (Å²) in [6, 6.07) is 14.8. The highest BCUT2D eigenvalue weighted by Crippen LogP contribution is 2.34. The van der Waals surface area contributed by atoms with Gasteiger partial charge in [0.15, 0.2) is 0 Å². The topological polar surface area (TPSA) is 52.4 Å². The molecule has 0 spiro atoms. The fourth-order valence-corrected chi connectivity index (χ4v) is 5.93. The number of likely N-dealkylation sites (tertiary alicyclic amines) is 1. The summed E-state index contributed by atoms with van der Waals surface area (Å²) in [6.45, 7) is 8.29. The summed E-state index contributed by atoms with van der Waals surface area (Å²) in [5.41, 5.74) is 8.11. The van der Waals surface area contributed by atoms with Gasteiger partial charge in [0.2, 0.25) is 0 Å². The number of imidazole rings is 2. The molecule has 1 saturated heterocycles. The quantitative estimate of drug-likeness (QED) is 0.369. The van der Waals surface area contributed by atoms with Crippen molar-refractivity contribution in [2.45, 2.75) is 45.7 Å². The summed E-state index contributed by atoms with van der Waals surface area (Å²) in [4.78, 5) is 10.0. The molecule has 34 heavy (non-hydrogen) atoms. The van der Waals surface area contributed by atoms with E-state index in [1.807, 2.05) is 10.9 Å². The lowest BCUT2D eigenvalue weighted by molar-refractivity contribution is -0.959. The third kappa shape index (κ3) is 3.70. The maximum absolute atomic E-state index is 5.02. The van der Waals surface area contributed by atoms with Crippen molar-refractivity contribution in [3.63, 3.8) is 0 Å². The van der Waals surface area contributed by atoms with Gasteiger partial charge in [0, 0.05) is 42.7 Å². The Bertz CT molecular complexity index is 1390. The van der Waals surface area contributed by atoms with Crippen LogP contribution in [-0.4, -0.2) is 46.1 Å². The van der Waals surface area contributed by atoms with E-state index in [9.17, 15) is 0 Å². The van der Waals surface area contributed by atoms with Crippen LogP contribution in [0.5, 0.6) is 0 Å². The molecule has 0 bridgehead atoms. The van der Waals surface area contributed by atoms with E-state index in [1.54, 1.807) is 0 Å². The van der Waals surface area contributed by atoms with Crippen molar-refractivity contribution in [3.05, 3.63) is 89.5 Å². The van der Waals surface area contributed by atoms with Gasteiger partial charge in [-0.3, -0.25) is 4.68 Å². The number of aromatic nitrogens is 6. The summed E-state index contributed by atoms with van der Waals surface area (Å²) < 4.78 is 7.43. The van der Waals surface area contributed by atoms with Gasteiger partial charge in [-0.2, -0.15) is 5.10 Å². The fourth-order valence-electron chi connectivity index (χ4n) is 5.93. The van der Waals surface area contributed by atoms with Crippen molar-refractivity contribution in [1.82, 2.24) is 28.5 Å². The van der Waals surface area contributed by atoms with E-state index >= 15 is 0 Å². The summed E-state index contributed by atoms with van der Waals surface area (Å²) in [6.07, 6.45) is 8.77. The molecule has 0 aliphatic carbocycles. The molecular formula is C27H32N7+. The molecule has 7 heteroatoms. The second-order valence-corrected chi connectivity index (χ2v) is 10.0. The van der Waals surface area contributed by atoms with Crippen LogP contribution >= 0.6 is 0 Å². The summed E-state index contributed by atoms with van der Waals surface area (Å²) in [5, 5.41) is 4.46. The molecule has 0 N–H and O–H groups in total. The number of hydrogen-bond donors (Lipinski definition) is 0. The minimum Gasteiger partial charge on any atom is -0.313 e. The SMILES string of the molecule is Cc1cccc2nc(C[N+]3(Cc4cn5c(C)cccc5n4)CCC[C@H](c4ccnn4C)C3)cn12. The normalized spacial score (nSPS) is 18.1. The van der Waals surface area contributed by atoms with Crippen LogP contribution in [0, 0.1) is 13.8 Å². The zero-order valence-corrected chi connectivity index (χ0v) is 20.2. The van der Waals surface area contributed by atoms with Crippen molar-refractivity contribution in [1.29, 1.82) is 0 Å². The largest absolute Gasteiger partial charge is 0.313 e. The van der Waals surface area contributed by atoms with Crippen LogP contribution in [0.25, 0.3) is 11.3 Å². The highest BCUT2D eigenvalue weighted by molar-refractivity contribution is 5.42. The first-order valence-electron chi connectivity index (χ1n) is 12.2. The van der Waals surface area contributed by atoms with Gasteiger partial charge in [0.1, 0.15) is 35.8 Å².